The molecule has 0 atom stereocenters. The van der Waals surface area contributed by atoms with Crippen molar-refractivity contribution in [2.24, 2.45) is 0 Å². The molecule has 6 nitrogen and oxygen atoms in total. The van der Waals surface area contributed by atoms with E-state index in [0.29, 0.717) is 30.8 Å². The van der Waals surface area contributed by atoms with Gasteiger partial charge in [0, 0.05) is 24.2 Å². The second kappa shape index (κ2) is 6.06. The average Bonchev–Trinajstić information content (AvgIpc) is 3.16. The molecular weight excluding hydrogens is 325 g/mol. The van der Waals surface area contributed by atoms with E-state index in [4.69, 9.17) is 5.41 Å². The molecule has 1 saturated heterocycles. The van der Waals surface area contributed by atoms with Gasteiger partial charge in [0.2, 0.25) is 11.7 Å². The molecule has 1 aliphatic heterocycles. The molecule has 2 heterocycles. The van der Waals surface area contributed by atoms with Crippen molar-refractivity contribution in [2.45, 2.75) is 19.0 Å². The maximum atomic E-state index is 12.4. The van der Waals surface area contributed by atoms with Crippen molar-refractivity contribution in [3.63, 3.8) is 0 Å². The molecule has 1 aromatic carbocycles. The Balaban J connectivity index is 1.68. The molecular formula is C15H13F3N4O2. The van der Waals surface area contributed by atoms with Gasteiger partial charge in [-0.25, -0.2) is 0 Å². The fraction of sp³-hybridized carbons (Fsp3) is 0.333. The summed E-state index contributed by atoms with van der Waals surface area (Å²) in [5.41, 5.74) is 1.63. The fourth-order valence-electron chi connectivity index (χ4n) is 2.39. The van der Waals surface area contributed by atoms with Gasteiger partial charge < -0.3 is 14.8 Å². The zero-order valence-electron chi connectivity index (χ0n) is 12.4. The predicted molar refractivity (Wildman–Crippen MR) is 77.4 cm³/mol. The van der Waals surface area contributed by atoms with Crippen LogP contribution in [0.3, 0.4) is 0 Å². The summed E-state index contributed by atoms with van der Waals surface area (Å²) in [7, 11) is 0. The Morgan fingerprint density at radius 1 is 1.29 bits per heavy atom. The third-order valence-corrected chi connectivity index (χ3v) is 3.65. The lowest BCUT2D eigenvalue weighted by Crippen LogP contribution is -2.30. The van der Waals surface area contributed by atoms with Crippen molar-refractivity contribution in [3.8, 4) is 11.4 Å². The lowest BCUT2D eigenvalue weighted by molar-refractivity contribution is -0.159. The van der Waals surface area contributed by atoms with Crippen LogP contribution in [0.1, 0.15) is 17.9 Å². The zero-order chi connectivity index (χ0) is 17.3. The second-order valence-electron chi connectivity index (χ2n) is 5.46. The molecule has 1 N–H and O–H groups in total. The maximum absolute atomic E-state index is 12.4. The van der Waals surface area contributed by atoms with Crippen molar-refractivity contribution in [1.29, 1.82) is 5.41 Å². The van der Waals surface area contributed by atoms with E-state index in [0.717, 1.165) is 5.56 Å². The van der Waals surface area contributed by atoms with Crippen LogP contribution in [-0.4, -0.2) is 39.7 Å². The fourth-order valence-corrected chi connectivity index (χ4v) is 2.39. The smallest absolute Gasteiger partial charge is 0.336 e. The van der Waals surface area contributed by atoms with Gasteiger partial charge in [-0.15, -0.1) is 0 Å². The van der Waals surface area contributed by atoms with Crippen molar-refractivity contribution >= 4 is 11.6 Å². The number of carbonyl (C=O) groups is 1. The summed E-state index contributed by atoms with van der Waals surface area (Å²) in [6.45, 7) is 0.916. The van der Waals surface area contributed by atoms with E-state index in [2.05, 4.69) is 14.7 Å². The number of rotatable bonds is 3. The SMILES string of the molecule is N=C1CCN(C(=O)Cc2ccc(-c3noc(C(F)(F)F)n3)cc2)C1. The number of likely N-dealkylation sites (tertiary alicyclic amines) is 1. The number of alkyl halides is 3. The lowest BCUT2D eigenvalue weighted by Gasteiger charge is -2.14. The highest BCUT2D eigenvalue weighted by atomic mass is 19.4. The van der Waals surface area contributed by atoms with E-state index in [1.807, 2.05) is 0 Å². The number of hydrogen-bond acceptors (Lipinski definition) is 5. The van der Waals surface area contributed by atoms with E-state index in [1.165, 1.54) is 0 Å². The monoisotopic (exact) mass is 338 g/mol. The van der Waals surface area contributed by atoms with Gasteiger partial charge in [-0.2, -0.15) is 18.2 Å². The van der Waals surface area contributed by atoms with Crippen LogP contribution in [0, 0.1) is 5.41 Å². The van der Waals surface area contributed by atoms with Crippen LogP contribution in [0.25, 0.3) is 11.4 Å². The third-order valence-electron chi connectivity index (χ3n) is 3.65. The number of carbonyl (C=O) groups excluding carboxylic acids is 1. The number of halogens is 3. The van der Waals surface area contributed by atoms with Crippen LogP contribution >= 0.6 is 0 Å². The molecule has 9 heteroatoms. The van der Waals surface area contributed by atoms with Crippen LogP contribution in [0.5, 0.6) is 0 Å². The summed E-state index contributed by atoms with van der Waals surface area (Å²) in [6, 6.07) is 6.36. The zero-order valence-corrected chi connectivity index (χ0v) is 12.4. The molecule has 0 aliphatic carbocycles. The Morgan fingerprint density at radius 3 is 2.54 bits per heavy atom. The van der Waals surface area contributed by atoms with Gasteiger partial charge in [-0.1, -0.05) is 29.4 Å². The molecule has 1 fully saturated rings. The van der Waals surface area contributed by atoms with E-state index >= 15 is 0 Å². The molecule has 0 unspecified atom stereocenters. The molecule has 1 aliphatic rings. The van der Waals surface area contributed by atoms with Gasteiger partial charge in [0.05, 0.1) is 13.0 Å². The first-order valence-electron chi connectivity index (χ1n) is 7.17. The summed E-state index contributed by atoms with van der Waals surface area (Å²) < 4.78 is 41.5. The summed E-state index contributed by atoms with van der Waals surface area (Å²) in [4.78, 5) is 17.0. The minimum absolute atomic E-state index is 0.0797. The molecule has 3 rings (SSSR count). The number of nitrogens with zero attached hydrogens (tertiary/aromatic N) is 3. The number of hydrogen-bond donors (Lipinski definition) is 1. The maximum Gasteiger partial charge on any atom is 0.471 e. The van der Waals surface area contributed by atoms with Crippen molar-refractivity contribution < 1.29 is 22.5 Å². The van der Waals surface area contributed by atoms with Crippen molar-refractivity contribution in [1.82, 2.24) is 15.0 Å². The van der Waals surface area contributed by atoms with Crippen molar-refractivity contribution in [3.05, 3.63) is 35.7 Å². The Kier molecular flexibility index (Phi) is 4.08. The minimum atomic E-state index is -4.68. The molecule has 0 radical (unpaired) electrons. The van der Waals surface area contributed by atoms with E-state index in [9.17, 15) is 18.0 Å². The molecule has 1 amide bonds. The molecule has 126 valence electrons. The Labute approximate surface area is 134 Å². The number of amides is 1. The first-order chi connectivity index (χ1) is 11.3. The summed E-state index contributed by atoms with van der Waals surface area (Å²) in [5, 5.41) is 10.8. The third kappa shape index (κ3) is 3.44. The molecule has 0 spiro atoms. The lowest BCUT2D eigenvalue weighted by atomic mass is 10.1. The number of benzene rings is 1. The largest absolute Gasteiger partial charge is 0.471 e. The normalized spacial score (nSPS) is 15.1. The number of aromatic nitrogens is 2. The second-order valence-corrected chi connectivity index (χ2v) is 5.46. The van der Waals surface area contributed by atoms with Gasteiger partial charge in [0.15, 0.2) is 0 Å². The van der Waals surface area contributed by atoms with Crippen LogP contribution in [-0.2, 0) is 17.4 Å². The highest BCUT2D eigenvalue weighted by Gasteiger charge is 2.38. The van der Waals surface area contributed by atoms with E-state index in [1.54, 1.807) is 29.2 Å². The summed E-state index contributed by atoms with van der Waals surface area (Å²) in [5.74, 6) is -1.63. The minimum Gasteiger partial charge on any atom is -0.336 e. The van der Waals surface area contributed by atoms with Crippen LogP contribution in [0.4, 0.5) is 13.2 Å². The van der Waals surface area contributed by atoms with Gasteiger partial charge >= 0.3 is 12.1 Å². The highest BCUT2D eigenvalue weighted by molar-refractivity contribution is 5.91. The van der Waals surface area contributed by atoms with Crippen LogP contribution in [0.2, 0.25) is 0 Å². The topological polar surface area (TPSA) is 83.1 Å². The average molecular weight is 338 g/mol. The van der Waals surface area contributed by atoms with Gasteiger partial charge in [0.25, 0.3) is 0 Å². The van der Waals surface area contributed by atoms with Crippen molar-refractivity contribution in [2.75, 3.05) is 13.1 Å². The first-order valence-corrected chi connectivity index (χ1v) is 7.17. The molecule has 0 saturated carbocycles. The van der Waals surface area contributed by atoms with Crippen LogP contribution < -0.4 is 0 Å². The highest BCUT2D eigenvalue weighted by Crippen LogP contribution is 2.29. The Hall–Kier alpha value is -2.71. The van der Waals surface area contributed by atoms with Crippen LogP contribution in [0.15, 0.2) is 28.8 Å². The van der Waals surface area contributed by atoms with Gasteiger partial charge in [-0.3, -0.25) is 4.79 Å². The Bertz CT molecular complexity index is 768. The Morgan fingerprint density at radius 2 is 2.00 bits per heavy atom. The molecule has 2 aromatic rings. The molecule has 24 heavy (non-hydrogen) atoms. The number of nitrogens with one attached hydrogen (secondary N) is 1. The molecule has 1 aromatic heterocycles. The summed E-state index contributed by atoms with van der Waals surface area (Å²) >= 11 is 0. The molecule has 0 bridgehead atoms. The van der Waals surface area contributed by atoms with E-state index < -0.39 is 12.1 Å². The quantitative estimate of drug-likeness (QED) is 0.932. The predicted octanol–water partition coefficient (Wildman–Crippen LogP) is 2.55. The van der Waals surface area contributed by atoms with Gasteiger partial charge in [0.1, 0.15) is 0 Å². The summed E-state index contributed by atoms with van der Waals surface area (Å²) in [6.07, 6.45) is -3.90. The van der Waals surface area contributed by atoms with E-state index in [-0.39, 0.29) is 18.2 Å². The standard InChI is InChI=1S/C15H13F3N4O2/c16-15(17,18)14-20-13(21-24-14)10-3-1-9(2-4-10)7-12(23)22-6-5-11(19)8-22/h1-4,19H,5-8H2. The van der Waals surface area contributed by atoms with Gasteiger partial charge in [-0.05, 0) is 5.56 Å². The first kappa shape index (κ1) is 16.2.